The number of benzene rings is 2. The molecule has 1 heterocycles. The number of anilines is 1. The molecule has 1 N–H and O–H groups in total. The van der Waals surface area contributed by atoms with E-state index in [1.807, 2.05) is 17.0 Å². The van der Waals surface area contributed by atoms with Gasteiger partial charge in [-0.05, 0) is 48.6 Å². The van der Waals surface area contributed by atoms with Crippen LogP contribution in [0, 0.1) is 10.1 Å². The summed E-state index contributed by atoms with van der Waals surface area (Å²) in [6.45, 7) is 1.29. The van der Waals surface area contributed by atoms with Crippen LogP contribution in [0.25, 0.3) is 0 Å². The first-order valence-electron chi connectivity index (χ1n) is 8.28. The lowest BCUT2D eigenvalue weighted by atomic mass is 9.89. The first-order chi connectivity index (χ1) is 12.3. The van der Waals surface area contributed by atoms with Gasteiger partial charge in [-0.1, -0.05) is 12.1 Å². The second-order valence-electron chi connectivity index (χ2n) is 6.53. The third-order valence-electron chi connectivity index (χ3n) is 4.77. The highest BCUT2D eigenvalue weighted by Crippen LogP contribution is 2.36. The maximum absolute atomic E-state index is 11.7. The van der Waals surface area contributed by atoms with E-state index in [0.29, 0.717) is 24.7 Å². The van der Waals surface area contributed by atoms with Gasteiger partial charge in [0.1, 0.15) is 11.4 Å². The number of rotatable bonds is 4. The van der Waals surface area contributed by atoms with Crippen molar-refractivity contribution in [2.45, 2.75) is 23.7 Å². The molecular weight excluding hydrogens is 356 g/mol. The lowest BCUT2D eigenvalue weighted by Crippen LogP contribution is -2.33. The predicted molar refractivity (Wildman–Crippen MR) is 98.5 cm³/mol. The van der Waals surface area contributed by atoms with Gasteiger partial charge in [-0.15, -0.1) is 0 Å². The number of hydrogen-bond donors (Lipinski definition) is 1. The van der Waals surface area contributed by atoms with Crippen molar-refractivity contribution in [3.05, 3.63) is 58.1 Å². The minimum absolute atomic E-state index is 0.0491. The van der Waals surface area contributed by atoms with Gasteiger partial charge in [-0.25, -0.2) is 8.42 Å². The quantitative estimate of drug-likeness (QED) is 0.650. The SMILES string of the molecule is CS(=O)(=O)c1ccc(N2CCC(c3ccc(O)cc3)CC2)c([N+](=O)[O-])c1. The molecule has 8 heteroatoms. The number of sulfone groups is 1. The van der Waals surface area contributed by atoms with E-state index in [2.05, 4.69) is 0 Å². The van der Waals surface area contributed by atoms with Gasteiger partial charge in [0.2, 0.25) is 0 Å². The predicted octanol–water partition coefficient (Wildman–Crippen LogP) is 3.09. The molecule has 2 aromatic rings. The molecule has 1 aliphatic heterocycles. The highest BCUT2D eigenvalue weighted by atomic mass is 32.2. The molecule has 0 spiro atoms. The highest BCUT2D eigenvalue weighted by molar-refractivity contribution is 7.90. The number of phenolic OH excluding ortho intramolecular Hbond substituents is 1. The van der Waals surface area contributed by atoms with E-state index in [9.17, 15) is 23.6 Å². The van der Waals surface area contributed by atoms with Crippen molar-refractivity contribution in [1.29, 1.82) is 0 Å². The van der Waals surface area contributed by atoms with Crippen molar-refractivity contribution < 1.29 is 18.4 Å². The van der Waals surface area contributed by atoms with Crippen molar-refractivity contribution in [1.82, 2.24) is 0 Å². The van der Waals surface area contributed by atoms with Crippen LogP contribution in [-0.2, 0) is 9.84 Å². The van der Waals surface area contributed by atoms with Gasteiger partial charge in [0.05, 0.1) is 9.82 Å². The van der Waals surface area contributed by atoms with Crippen LogP contribution in [0.1, 0.15) is 24.3 Å². The molecule has 0 aromatic heterocycles. The monoisotopic (exact) mass is 376 g/mol. The van der Waals surface area contributed by atoms with Gasteiger partial charge in [0.15, 0.2) is 9.84 Å². The molecule has 26 heavy (non-hydrogen) atoms. The Morgan fingerprint density at radius 2 is 1.73 bits per heavy atom. The summed E-state index contributed by atoms with van der Waals surface area (Å²) in [5.41, 5.74) is 1.41. The van der Waals surface area contributed by atoms with Gasteiger partial charge in [-0.2, -0.15) is 0 Å². The number of piperidine rings is 1. The Labute approximate surface area is 152 Å². The van der Waals surface area contributed by atoms with E-state index in [-0.39, 0.29) is 16.3 Å². The third kappa shape index (κ3) is 3.80. The van der Waals surface area contributed by atoms with Crippen LogP contribution in [-0.4, -0.2) is 37.8 Å². The Bertz CT molecular complexity index is 917. The molecule has 138 valence electrons. The minimum atomic E-state index is -3.50. The molecule has 0 unspecified atom stereocenters. The Morgan fingerprint density at radius 3 is 2.27 bits per heavy atom. The number of hydrogen-bond acceptors (Lipinski definition) is 6. The van der Waals surface area contributed by atoms with Crippen molar-refractivity contribution in [3.63, 3.8) is 0 Å². The summed E-state index contributed by atoms with van der Waals surface area (Å²) in [5.74, 6) is 0.564. The Hall–Kier alpha value is -2.61. The second kappa shape index (κ2) is 6.95. The number of nitro groups is 1. The summed E-state index contributed by atoms with van der Waals surface area (Å²) in [5, 5.41) is 20.8. The molecule has 0 saturated carbocycles. The number of nitrogens with zero attached hydrogens (tertiary/aromatic N) is 2. The van der Waals surface area contributed by atoms with Crippen molar-refractivity contribution in [3.8, 4) is 5.75 Å². The van der Waals surface area contributed by atoms with Crippen LogP contribution in [0.4, 0.5) is 11.4 Å². The fourth-order valence-corrected chi connectivity index (χ4v) is 3.99. The highest BCUT2D eigenvalue weighted by Gasteiger charge is 2.27. The standard InChI is InChI=1S/C18H20N2O5S/c1-26(24,25)16-6-7-17(18(12-16)20(22)23)19-10-8-14(9-11-19)13-2-4-15(21)5-3-13/h2-7,12,14,21H,8-11H2,1H3. The first-order valence-corrected chi connectivity index (χ1v) is 10.2. The summed E-state index contributed by atoms with van der Waals surface area (Å²) >= 11 is 0. The molecule has 0 radical (unpaired) electrons. The second-order valence-corrected chi connectivity index (χ2v) is 8.55. The largest absolute Gasteiger partial charge is 0.508 e. The van der Waals surface area contributed by atoms with Crippen LogP contribution >= 0.6 is 0 Å². The minimum Gasteiger partial charge on any atom is -0.508 e. The van der Waals surface area contributed by atoms with E-state index in [0.717, 1.165) is 30.7 Å². The normalized spacial score (nSPS) is 15.8. The van der Waals surface area contributed by atoms with Gasteiger partial charge in [0, 0.05) is 25.4 Å². The fraction of sp³-hybridized carbons (Fsp3) is 0.333. The molecule has 3 rings (SSSR count). The van der Waals surface area contributed by atoms with Gasteiger partial charge >= 0.3 is 0 Å². The fourth-order valence-electron chi connectivity index (χ4n) is 3.35. The van der Waals surface area contributed by atoms with Crippen molar-refractivity contribution >= 4 is 21.2 Å². The average Bonchev–Trinajstić information content (AvgIpc) is 2.61. The van der Waals surface area contributed by atoms with E-state index in [1.165, 1.54) is 12.1 Å². The Balaban J connectivity index is 1.80. The summed E-state index contributed by atoms with van der Waals surface area (Å²) in [4.78, 5) is 12.8. The molecule has 1 aliphatic rings. The lowest BCUT2D eigenvalue weighted by Gasteiger charge is -2.33. The molecule has 0 amide bonds. The first kappa shape index (κ1) is 18.2. The third-order valence-corrected chi connectivity index (χ3v) is 5.88. The van der Waals surface area contributed by atoms with Crippen molar-refractivity contribution in [2.75, 3.05) is 24.2 Å². The molecule has 7 nitrogen and oxygen atoms in total. The van der Waals surface area contributed by atoms with Gasteiger partial charge in [-0.3, -0.25) is 10.1 Å². The zero-order valence-electron chi connectivity index (χ0n) is 14.3. The van der Waals surface area contributed by atoms with Crippen LogP contribution < -0.4 is 4.90 Å². The maximum Gasteiger partial charge on any atom is 0.293 e. The van der Waals surface area contributed by atoms with Gasteiger partial charge < -0.3 is 10.0 Å². The Morgan fingerprint density at radius 1 is 1.12 bits per heavy atom. The molecular formula is C18H20N2O5S. The molecule has 1 fully saturated rings. The zero-order valence-corrected chi connectivity index (χ0v) is 15.1. The molecule has 2 aromatic carbocycles. The lowest BCUT2D eigenvalue weighted by molar-refractivity contribution is -0.384. The summed E-state index contributed by atoms with van der Waals surface area (Å²) in [6, 6.07) is 11.2. The van der Waals surface area contributed by atoms with E-state index >= 15 is 0 Å². The van der Waals surface area contributed by atoms with E-state index in [1.54, 1.807) is 12.1 Å². The molecule has 0 aliphatic carbocycles. The van der Waals surface area contributed by atoms with E-state index < -0.39 is 14.8 Å². The molecule has 0 atom stereocenters. The van der Waals surface area contributed by atoms with Crippen LogP contribution in [0.15, 0.2) is 47.4 Å². The number of aromatic hydroxyl groups is 1. The van der Waals surface area contributed by atoms with Gasteiger partial charge in [0.25, 0.3) is 5.69 Å². The summed E-state index contributed by atoms with van der Waals surface area (Å²) in [6.07, 6.45) is 2.69. The molecule has 0 bridgehead atoms. The topological polar surface area (TPSA) is 101 Å². The maximum atomic E-state index is 11.7. The smallest absolute Gasteiger partial charge is 0.293 e. The number of phenols is 1. The number of nitro benzene ring substituents is 1. The summed E-state index contributed by atoms with van der Waals surface area (Å²) < 4.78 is 23.3. The average molecular weight is 376 g/mol. The van der Waals surface area contributed by atoms with E-state index in [4.69, 9.17) is 0 Å². The summed E-state index contributed by atoms with van der Waals surface area (Å²) in [7, 11) is -3.50. The van der Waals surface area contributed by atoms with Crippen LogP contribution in [0.3, 0.4) is 0 Å². The Kier molecular flexibility index (Phi) is 4.86. The zero-order chi connectivity index (χ0) is 18.9. The van der Waals surface area contributed by atoms with Crippen molar-refractivity contribution in [2.24, 2.45) is 0 Å². The van der Waals surface area contributed by atoms with Crippen LogP contribution in [0.5, 0.6) is 5.75 Å². The molecule has 1 saturated heterocycles. The van der Waals surface area contributed by atoms with Crippen LogP contribution in [0.2, 0.25) is 0 Å².